The molecule has 0 aliphatic carbocycles. The Morgan fingerprint density at radius 2 is 2.00 bits per heavy atom. The summed E-state index contributed by atoms with van der Waals surface area (Å²) in [4.78, 5) is 0. The zero-order valence-electron chi connectivity index (χ0n) is 7.42. The Morgan fingerprint density at radius 1 is 1.38 bits per heavy atom. The van der Waals surface area contributed by atoms with Gasteiger partial charge in [-0.05, 0) is 13.5 Å². The van der Waals surface area contributed by atoms with Gasteiger partial charge in [0.15, 0.2) is 5.01 Å². The Bertz CT molecular complexity index is 260. The number of nitrogens with one attached hydrogen (secondary N) is 1. The second-order valence-electron chi connectivity index (χ2n) is 2.53. The lowest BCUT2D eigenvalue weighted by Crippen LogP contribution is -2.14. The van der Waals surface area contributed by atoms with Gasteiger partial charge in [0.2, 0.25) is 0 Å². The molecular formula is C7H11F2N3S. The minimum Gasteiger partial charge on any atom is -0.311 e. The van der Waals surface area contributed by atoms with E-state index >= 15 is 0 Å². The average Bonchev–Trinajstić information content (AvgIpc) is 2.56. The minimum absolute atomic E-state index is 0.0324. The van der Waals surface area contributed by atoms with Crippen LogP contribution in [0.2, 0.25) is 0 Å². The number of halogens is 2. The molecule has 0 amide bonds. The molecule has 13 heavy (non-hydrogen) atoms. The summed E-state index contributed by atoms with van der Waals surface area (Å²) in [5.74, 6) is 0. The molecule has 0 fully saturated rings. The highest BCUT2D eigenvalue weighted by molar-refractivity contribution is 7.11. The van der Waals surface area contributed by atoms with Crippen LogP contribution < -0.4 is 5.32 Å². The molecule has 1 heterocycles. The van der Waals surface area contributed by atoms with Gasteiger partial charge in [0.25, 0.3) is 6.43 Å². The first-order valence-corrected chi connectivity index (χ1v) is 4.79. The van der Waals surface area contributed by atoms with Gasteiger partial charge in [-0.25, -0.2) is 8.78 Å². The number of hydrogen-bond donors (Lipinski definition) is 1. The maximum atomic E-state index is 12.1. The fourth-order valence-corrected chi connectivity index (χ4v) is 1.87. The summed E-state index contributed by atoms with van der Waals surface area (Å²) in [7, 11) is 1.78. The molecule has 1 rings (SSSR count). The third kappa shape index (κ3) is 2.41. The highest BCUT2D eigenvalue weighted by Gasteiger charge is 2.17. The van der Waals surface area contributed by atoms with Gasteiger partial charge in [-0.1, -0.05) is 18.3 Å². The summed E-state index contributed by atoms with van der Waals surface area (Å²) in [6, 6.07) is 0.0324. The highest BCUT2D eigenvalue weighted by atomic mass is 32.1. The molecule has 6 heteroatoms. The van der Waals surface area contributed by atoms with Crippen molar-refractivity contribution in [3.05, 3.63) is 10.0 Å². The molecule has 0 bridgehead atoms. The van der Waals surface area contributed by atoms with Crippen LogP contribution in [0.1, 0.15) is 35.8 Å². The molecule has 74 valence electrons. The third-order valence-electron chi connectivity index (χ3n) is 1.70. The zero-order chi connectivity index (χ0) is 9.84. The van der Waals surface area contributed by atoms with Crippen LogP contribution >= 0.6 is 11.3 Å². The first kappa shape index (κ1) is 10.5. The second kappa shape index (κ2) is 4.57. The van der Waals surface area contributed by atoms with Crippen molar-refractivity contribution in [2.75, 3.05) is 7.05 Å². The van der Waals surface area contributed by atoms with Crippen LogP contribution in [0.15, 0.2) is 0 Å². The lowest BCUT2D eigenvalue weighted by Gasteiger charge is -2.07. The van der Waals surface area contributed by atoms with Crippen molar-refractivity contribution in [2.24, 2.45) is 0 Å². The Kier molecular flexibility index (Phi) is 3.68. The quantitative estimate of drug-likeness (QED) is 0.822. The second-order valence-corrected chi connectivity index (χ2v) is 3.57. The maximum absolute atomic E-state index is 12.1. The Balaban J connectivity index is 2.78. The van der Waals surface area contributed by atoms with Crippen molar-refractivity contribution in [3.8, 4) is 0 Å². The molecule has 0 aliphatic rings. The van der Waals surface area contributed by atoms with Crippen molar-refractivity contribution in [2.45, 2.75) is 25.8 Å². The molecule has 0 saturated carbocycles. The van der Waals surface area contributed by atoms with Gasteiger partial charge < -0.3 is 5.32 Å². The normalized spacial score (nSPS) is 13.6. The Labute approximate surface area is 79.2 Å². The van der Waals surface area contributed by atoms with E-state index in [1.807, 2.05) is 6.92 Å². The molecule has 1 atom stereocenters. The molecule has 0 aromatic carbocycles. The van der Waals surface area contributed by atoms with Gasteiger partial charge in [-0.3, -0.25) is 0 Å². The van der Waals surface area contributed by atoms with Crippen LogP contribution in [-0.2, 0) is 0 Å². The first-order valence-electron chi connectivity index (χ1n) is 3.97. The predicted molar refractivity (Wildman–Crippen MR) is 47.0 cm³/mol. The van der Waals surface area contributed by atoms with Crippen molar-refractivity contribution in [3.63, 3.8) is 0 Å². The van der Waals surface area contributed by atoms with Gasteiger partial charge in [0.1, 0.15) is 5.01 Å². The smallest absolute Gasteiger partial charge is 0.291 e. The molecule has 0 aliphatic heterocycles. The lowest BCUT2D eigenvalue weighted by atomic mass is 10.2. The van der Waals surface area contributed by atoms with E-state index in [1.54, 1.807) is 7.05 Å². The SMILES string of the molecule is CCC(NC)c1nnc(C(F)F)s1. The van der Waals surface area contributed by atoms with Crippen LogP contribution in [0.25, 0.3) is 0 Å². The third-order valence-corrected chi connectivity index (χ3v) is 2.74. The van der Waals surface area contributed by atoms with E-state index in [2.05, 4.69) is 15.5 Å². The minimum atomic E-state index is -2.51. The van der Waals surface area contributed by atoms with Gasteiger partial charge in [-0.15, -0.1) is 10.2 Å². The fraction of sp³-hybridized carbons (Fsp3) is 0.714. The van der Waals surface area contributed by atoms with Gasteiger partial charge in [0.05, 0.1) is 6.04 Å². The van der Waals surface area contributed by atoms with Crippen molar-refractivity contribution in [1.82, 2.24) is 15.5 Å². The number of aromatic nitrogens is 2. The number of alkyl halides is 2. The summed E-state index contributed by atoms with van der Waals surface area (Å²) in [5, 5.41) is 10.5. The summed E-state index contributed by atoms with van der Waals surface area (Å²) in [6.07, 6.45) is -1.70. The predicted octanol–water partition coefficient (Wildman–Crippen LogP) is 2.15. The van der Waals surface area contributed by atoms with Gasteiger partial charge in [0, 0.05) is 0 Å². The van der Waals surface area contributed by atoms with Gasteiger partial charge >= 0.3 is 0 Å². The molecule has 1 aromatic heterocycles. The molecule has 1 aromatic rings. The molecule has 1 N–H and O–H groups in total. The monoisotopic (exact) mass is 207 g/mol. The Hall–Kier alpha value is -0.620. The lowest BCUT2D eigenvalue weighted by molar-refractivity contribution is 0.150. The molecule has 0 radical (unpaired) electrons. The van der Waals surface area contributed by atoms with Crippen molar-refractivity contribution < 1.29 is 8.78 Å². The summed E-state index contributed by atoms with van der Waals surface area (Å²) in [5.41, 5.74) is 0. The molecule has 1 unspecified atom stereocenters. The van der Waals surface area contributed by atoms with E-state index in [0.717, 1.165) is 17.8 Å². The first-order chi connectivity index (χ1) is 6.19. The topological polar surface area (TPSA) is 37.8 Å². The molecule has 0 saturated heterocycles. The van der Waals surface area contributed by atoms with E-state index in [4.69, 9.17) is 0 Å². The van der Waals surface area contributed by atoms with Crippen LogP contribution in [0.4, 0.5) is 8.78 Å². The summed E-state index contributed by atoms with van der Waals surface area (Å²) in [6.45, 7) is 1.96. The Morgan fingerprint density at radius 3 is 2.38 bits per heavy atom. The summed E-state index contributed by atoms with van der Waals surface area (Å²) >= 11 is 0.964. The molecule has 3 nitrogen and oxygen atoms in total. The van der Waals surface area contributed by atoms with Crippen molar-refractivity contribution >= 4 is 11.3 Å². The van der Waals surface area contributed by atoms with Crippen LogP contribution in [-0.4, -0.2) is 17.2 Å². The van der Waals surface area contributed by atoms with Crippen LogP contribution in [0.5, 0.6) is 0 Å². The fourth-order valence-electron chi connectivity index (χ4n) is 0.978. The van der Waals surface area contributed by atoms with Crippen LogP contribution in [0.3, 0.4) is 0 Å². The van der Waals surface area contributed by atoms with E-state index < -0.39 is 6.43 Å². The number of rotatable bonds is 4. The van der Waals surface area contributed by atoms with E-state index in [1.165, 1.54) is 0 Å². The molecular weight excluding hydrogens is 196 g/mol. The van der Waals surface area contributed by atoms with E-state index in [0.29, 0.717) is 5.01 Å². The number of nitrogens with zero attached hydrogens (tertiary/aromatic N) is 2. The zero-order valence-corrected chi connectivity index (χ0v) is 8.24. The van der Waals surface area contributed by atoms with E-state index in [9.17, 15) is 8.78 Å². The standard InChI is InChI=1S/C7H11F2N3S/c1-3-4(10-2)6-11-12-7(13-6)5(8)9/h4-5,10H,3H2,1-2H3. The largest absolute Gasteiger partial charge is 0.311 e. The maximum Gasteiger partial charge on any atom is 0.291 e. The highest BCUT2D eigenvalue weighted by Crippen LogP contribution is 2.26. The van der Waals surface area contributed by atoms with Crippen LogP contribution in [0, 0.1) is 0 Å². The average molecular weight is 207 g/mol. The van der Waals surface area contributed by atoms with Crippen molar-refractivity contribution in [1.29, 1.82) is 0 Å². The summed E-state index contributed by atoms with van der Waals surface area (Å²) < 4.78 is 24.3. The number of hydrogen-bond acceptors (Lipinski definition) is 4. The van der Waals surface area contributed by atoms with Gasteiger partial charge in [-0.2, -0.15) is 0 Å². The molecule has 0 spiro atoms. The van der Waals surface area contributed by atoms with E-state index in [-0.39, 0.29) is 11.0 Å².